The van der Waals surface area contributed by atoms with Crippen LogP contribution in [0.15, 0.2) is 10.2 Å². The van der Waals surface area contributed by atoms with Gasteiger partial charge in [-0.2, -0.15) is 5.10 Å². The highest BCUT2D eigenvalue weighted by molar-refractivity contribution is 5.85. The molecule has 0 aliphatic rings. The molecule has 0 aliphatic carbocycles. The fraction of sp³-hybridized carbons (Fsp3) is 0.667. The lowest BCUT2D eigenvalue weighted by Gasteiger charge is -2.15. The first-order valence-corrected chi connectivity index (χ1v) is 2.78. The van der Waals surface area contributed by atoms with E-state index in [1.165, 1.54) is 0 Å². The Bertz CT molecular complexity index is 130. The first-order chi connectivity index (χ1) is 3.98. The molecule has 0 aliphatic heterocycles. The third-order valence-electron chi connectivity index (χ3n) is 0.947. The molecule has 3 nitrogen and oxygen atoms in total. The highest BCUT2D eigenvalue weighted by atomic mass is 15.2. The van der Waals surface area contributed by atoms with Gasteiger partial charge in [-0.15, -0.1) is 5.10 Å². The predicted octanol–water partition coefficient (Wildman–Crippen LogP) is 1.01. The topological polar surface area (TPSA) is 50.7 Å². The SMILES string of the molecule is C=N/N=C(\N)C(C)(C)C. The summed E-state index contributed by atoms with van der Waals surface area (Å²) in [5.74, 6) is 0.512. The van der Waals surface area contributed by atoms with Crippen LogP contribution in [-0.2, 0) is 0 Å². The molecule has 0 heterocycles. The van der Waals surface area contributed by atoms with Gasteiger partial charge in [-0.05, 0) is 0 Å². The number of nitrogens with two attached hydrogens (primary N) is 1. The van der Waals surface area contributed by atoms with E-state index in [1.54, 1.807) is 0 Å². The van der Waals surface area contributed by atoms with Crippen molar-refractivity contribution in [3.05, 3.63) is 0 Å². The molecule has 0 unspecified atom stereocenters. The lowest BCUT2D eigenvalue weighted by Crippen LogP contribution is -2.28. The Morgan fingerprint density at radius 2 is 1.89 bits per heavy atom. The fourth-order valence-electron chi connectivity index (χ4n) is 0.226. The summed E-state index contributed by atoms with van der Waals surface area (Å²) in [7, 11) is 0. The quantitative estimate of drug-likeness (QED) is 0.319. The van der Waals surface area contributed by atoms with E-state index in [0.717, 1.165) is 0 Å². The highest BCUT2D eigenvalue weighted by Crippen LogP contribution is 2.12. The van der Waals surface area contributed by atoms with Gasteiger partial charge < -0.3 is 5.73 Å². The van der Waals surface area contributed by atoms with Crippen LogP contribution in [0.1, 0.15) is 20.8 Å². The Kier molecular flexibility index (Phi) is 2.37. The van der Waals surface area contributed by atoms with Gasteiger partial charge in [0.1, 0.15) is 5.84 Å². The minimum atomic E-state index is -0.0960. The molecule has 0 saturated heterocycles. The fourth-order valence-corrected chi connectivity index (χ4v) is 0.226. The second-order valence-electron chi connectivity index (χ2n) is 2.88. The van der Waals surface area contributed by atoms with Crippen LogP contribution in [-0.4, -0.2) is 12.6 Å². The van der Waals surface area contributed by atoms with Crippen molar-refractivity contribution in [2.24, 2.45) is 21.4 Å². The zero-order valence-corrected chi connectivity index (χ0v) is 6.18. The van der Waals surface area contributed by atoms with Crippen molar-refractivity contribution >= 4 is 12.6 Å². The summed E-state index contributed by atoms with van der Waals surface area (Å²) in [6.07, 6.45) is 0. The summed E-state index contributed by atoms with van der Waals surface area (Å²) >= 11 is 0. The van der Waals surface area contributed by atoms with Crippen LogP contribution in [0.2, 0.25) is 0 Å². The second kappa shape index (κ2) is 2.62. The molecule has 0 saturated carbocycles. The molecule has 0 spiro atoms. The van der Waals surface area contributed by atoms with E-state index in [1.807, 2.05) is 20.8 Å². The van der Waals surface area contributed by atoms with Crippen molar-refractivity contribution in [1.29, 1.82) is 0 Å². The van der Waals surface area contributed by atoms with Gasteiger partial charge in [-0.1, -0.05) is 20.8 Å². The molecule has 0 aromatic rings. The van der Waals surface area contributed by atoms with E-state index in [0.29, 0.717) is 5.84 Å². The average Bonchev–Trinajstić information content (AvgIpc) is 1.64. The molecule has 0 rings (SSSR count). The van der Waals surface area contributed by atoms with Crippen molar-refractivity contribution in [3.63, 3.8) is 0 Å². The lowest BCUT2D eigenvalue weighted by atomic mass is 9.96. The molecule has 0 fully saturated rings. The molecule has 52 valence electrons. The van der Waals surface area contributed by atoms with Crippen LogP contribution in [0, 0.1) is 5.41 Å². The molecule has 0 atom stereocenters. The molecule has 2 N–H and O–H groups in total. The van der Waals surface area contributed by atoms with Crippen LogP contribution in [0.5, 0.6) is 0 Å². The number of nitrogens with zero attached hydrogens (tertiary/aromatic N) is 2. The first-order valence-electron chi connectivity index (χ1n) is 2.78. The van der Waals surface area contributed by atoms with Crippen LogP contribution in [0.3, 0.4) is 0 Å². The normalized spacial score (nSPS) is 13.4. The molecule has 0 amide bonds. The number of rotatable bonds is 1. The Labute approximate surface area is 55.7 Å². The minimum absolute atomic E-state index is 0.0960. The van der Waals surface area contributed by atoms with Gasteiger partial charge in [0.2, 0.25) is 0 Å². The van der Waals surface area contributed by atoms with Crippen molar-refractivity contribution in [2.75, 3.05) is 0 Å². The monoisotopic (exact) mass is 127 g/mol. The molecular weight excluding hydrogens is 114 g/mol. The number of hydrogen-bond donors (Lipinski definition) is 1. The summed E-state index contributed by atoms with van der Waals surface area (Å²) in [5.41, 5.74) is 5.38. The highest BCUT2D eigenvalue weighted by Gasteiger charge is 2.14. The van der Waals surface area contributed by atoms with Gasteiger partial charge in [0, 0.05) is 12.1 Å². The summed E-state index contributed by atoms with van der Waals surface area (Å²) < 4.78 is 0. The molecular formula is C6H13N3. The first kappa shape index (κ1) is 8.14. The zero-order chi connectivity index (χ0) is 7.49. The van der Waals surface area contributed by atoms with Crippen LogP contribution in [0.25, 0.3) is 0 Å². The van der Waals surface area contributed by atoms with Gasteiger partial charge in [0.25, 0.3) is 0 Å². The Hall–Kier alpha value is -0.860. The van der Waals surface area contributed by atoms with Gasteiger partial charge in [-0.25, -0.2) is 0 Å². The van der Waals surface area contributed by atoms with Gasteiger partial charge in [-0.3, -0.25) is 0 Å². The van der Waals surface area contributed by atoms with Gasteiger partial charge in [0.05, 0.1) is 0 Å². The molecule has 9 heavy (non-hydrogen) atoms. The summed E-state index contributed by atoms with van der Waals surface area (Å²) in [6.45, 7) is 9.10. The summed E-state index contributed by atoms with van der Waals surface area (Å²) in [6, 6.07) is 0. The largest absolute Gasteiger partial charge is 0.385 e. The molecule has 0 aromatic heterocycles. The van der Waals surface area contributed by atoms with E-state index in [-0.39, 0.29) is 5.41 Å². The third kappa shape index (κ3) is 2.85. The van der Waals surface area contributed by atoms with Gasteiger partial charge in [0.15, 0.2) is 0 Å². The predicted molar refractivity (Wildman–Crippen MR) is 40.6 cm³/mol. The molecule has 0 radical (unpaired) electrons. The Morgan fingerprint density at radius 3 is 2.00 bits per heavy atom. The van der Waals surface area contributed by atoms with E-state index in [2.05, 4.69) is 16.9 Å². The maximum absolute atomic E-state index is 5.48. The van der Waals surface area contributed by atoms with Crippen molar-refractivity contribution in [2.45, 2.75) is 20.8 Å². The van der Waals surface area contributed by atoms with Crippen molar-refractivity contribution in [3.8, 4) is 0 Å². The van der Waals surface area contributed by atoms with Crippen LogP contribution < -0.4 is 5.73 Å². The van der Waals surface area contributed by atoms with E-state index < -0.39 is 0 Å². The summed E-state index contributed by atoms with van der Waals surface area (Å²) in [4.78, 5) is 0. The smallest absolute Gasteiger partial charge is 0.127 e. The van der Waals surface area contributed by atoms with Crippen molar-refractivity contribution in [1.82, 2.24) is 0 Å². The maximum atomic E-state index is 5.48. The lowest BCUT2D eigenvalue weighted by molar-refractivity contribution is 0.582. The average molecular weight is 127 g/mol. The number of amidine groups is 1. The van der Waals surface area contributed by atoms with Crippen molar-refractivity contribution < 1.29 is 0 Å². The minimum Gasteiger partial charge on any atom is -0.385 e. The van der Waals surface area contributed by atoms with Crippen LogP contribution in [0.4, 0.5) is 0 Å². The molecule has 3 heteroatoms. The summed E-state index contributed by atoms with van der Waals surface area (Å²) in [5, 5.41) is 6.92. The zero-order valence-electron chi connectivity index (χ0n) is 6.18. The Morgan fingerprint density at radius 1 is 1.44 bits per heavy atom. The Balaban J connectivity index is 4.19. The molecule has 0 bridgehead atoms. The van der Waals surface area contributed by atoms with E-state index >= 15 is 0 Å². The maximum Gasteiger partial charge on any atom is 0.127 e. The van der Waals surface area contributed by atoms with Crippen LogP contribution >= 0.6 is 0 Å². The standard InChI is InChI=1S/C6H13N3/c1-6(2,3)5(7)9-8-4/h4H2,1-3H3,(H2,7,9). The molecule has 0 aromatic carbocycles. The number of hydrogen-bond acceptors (Lipinski definition) is 2. The van der Waals surface area contributed by atoms with E-state index in [9.17, 15) is 0 Å². The van der Waals surface area contributed by atoms with Gasteiger partial charge >= 0.3 is 0 Å². The van der Waals surface area contributed by atoms with E-state index in [4.69, 9.17) is 5.73 Å². The second-order valence-corrected chi connectivity index (χ2v) is 2.88. The third-order valence-corrected chi connectivity index (χ3v) is 0.947.